The fraction of sp³-hybridized carbons (Fsp3) is 0.450. The van der Waals surface area contributed by atoms with Gasteiger partial charge in [-0.1, -0.05) is 56.3 Å². The van der Waals surface area contributed by atoms with Crippen LogP contribution in [0.5, 0.6) is 0 Å². The van der Waals surface area contributed by atoms with E-state index >= 15 is 0 Å². The zero-order valence-corrected chi connectivity index (χ0v) is 14.0. The van der Waals surface area contributed by atoms with Gasteiger partial charge in [-0.2, -0.15) is 0 Å². The highest BCUT2D eigenvalue weighted by Gasteiger charge is 2.42. The molecule has 1 aliphatic heterocycles. The minimum atomic E-state index is -0.274. The third-order valence-corrected chi connectivity index (χ3v) is 4.72. The molecule has 1 heterocycles. The fourth-order valence-electron chi connectivity index (χ4n) is 3.36. The Morgan fingerprint density at radius 3 is 2.70 bits per heavy atom. The first kappa shape index (κ1) is 16.0. The number of aldehydes is 1. The molecule has 122 valence electrons. The molecule has 0 saturated heterocycles. The number of hydrogen-bond acceptors (Lipinski definition) is 3. The van der Waals surface area contributed by atoms with Crippen LogP contribution in [0, 0.1) is 5.41 Å². The van der Waals surface area contributed by atoms with Crippen LogP contribution in [0.1, 0.15) is 45.1 Å². The number of allylic oxidation sites excluding steroid dienone is 2. The topological polar surface area (TPSA) is 29.5 Å². The highest BCUT2D eigenvalue weighted by Crippen LogP contribution is 2.41. The zero-order chi connectivity index (χ0) is 16.3. The summed E-state index contributed by atoms with van der Waals surface area (Å²) in [5.41, 5.74) is 3.30. The maximum absolute atomic E-state index is 11.7. The van der Waals surface area contributed by atoms with Crippen molar-refractivity contribution in [3.8, 4) is 0 Å². The standard InChI is InChI=1S/C20H25NO2/c1-20(2)13-18(17-11-7-4-8-12-17)21(19(20)14-22)23-15-16-9-5-3-6-10-16/h3,5-6,9-11,13-14,19H,4,7-8,12,15H2,1-2H3. The molecule has 0 bridgehead atoms. The number of hydrogen-bond donors (Lipinski definition) is 0. The second-order valence-electron chi connectivity index (χ2n) is 6.99. The maximum atomic E-state index is 11.7. The quantitative estimate of drug-likeness (QED) is 0.754. The molecule has 1 aromatic carbocycles. The average molecular weight is 311 g/mol. The van der Waals surface area contributed by atoms with E-state index in [1.165, 1.54) is 18.4 Å². The van der Waals surface area contributed by atoms with Crippen LogP contribution in [0.3, 0.4) is 0 Å². The van der Waals surface area contributed by atoms with E-state index in [2.05, 4.69) is 26.0 Å². The van der Waals surface area contributed by atoms with E-state index in [0.717, 1.165) is 30.4 Å². The highest BCUT2D eigenvalue weighted by atomic mass is 16.7. The lowest BCUT2D eigenvalue weighted by molar-refractivity contribution is -0.173. The van der Waals surface area contributed by atoms with Crippen molar-refractivity contribution in [2.24, 2.45) is 5.41 Å². The lowest BCUT2D eigenvalue weighted by Crippen LogP contribution is -2.39. The van der Waals surface area contributed by atoms with E-state index in [4.69, 9.17) is 4.84 Å². The Hall–Kier alpha value is -1.87. The van der Waals surface area contributed by atoms with Crippen molar-refractivity contribution in [1.29, 1.82) is 0 Å². The maximum Gasteiger partial charge on any atom is 0.145 e. The summed E-state index contributed by atoms with van der Waals surface area (Å²) in [6.07, 6.45) is 10.2. The van der Waals surface area contributed by atoms with Crippen molar-refractivity contribution in [3.05, 3.63) is 59.3 Å². The molecule has 1 atom stereocenters. The van der Waals surface area contributed by atoms with Gasteiger partial charge in [-0.05, 0) is 36.8 Å². The summed E-state index contributed by atoms with van der Waals surface area (Å²) in [4.78, 5) is 17.8. The van der Waals surface area contributed by atoms with Crippen LogP contribution >= 0.6 is 0 Å². The van der Waals surface area contributed by atoms with Gasteiger partial charge in [0.05, 0.1) is 12.3 Å². The second kappa shape index (κ2) is 6.71. The molecule has 3 heteroatoms. The molecular formula is C20H25NO2. The smallest absolute Gasteiger partial charge is 0.145 e. The third-order valence-electron chi connectivity index (χ3n) is 4.72. The summed E-state index contributed by atoms with van der Waals surface area (Å²) in [7, 11) is 0. The van der Waals surface area contributed by atoms with Gasteiger partial charge in [0.25, 0.3) is 0 Å². The Morgan fingerprint density at radius 1 is 1.26 bits per heavy atom. The van der Waals surface area contributed by atoms with Gasteiger partial charge in [0, 0.05) is 5.41 Å². The monoisotopic (exact) mass is 311 g/mol. The molecule has 0 fully saturated rings. The fourth-order valence-corrected chi connectivity index (χ4v) is 3.36. The van der Waals surface area contributed by atoms with Crippen molar-refractivity contribution >= 4 is 6.29 Å². The molecule has 1 aromatic rings. The summed E-state index contributed by atoms with van der Waals surface area (Å²) in [6, 6.07) is 9.81. The minimum absolute atomic E-state index is 0.216. The van der Waals surface area contributed by atoms with E-state index in [9.17, 15) is 4.79 Å². The molecule has 0 aromatic heterocycles. The summed E-state index contributed by atoms with van der Waals surface area (Å²) in [6.45, 7) is 4.68. The first-order valence-electron chi connectivity index (χ1n) is 8.45. The zero-order valence-electron chi connectivity index (χ0n) is 14.0. The van der Waals surface area contributed by atoms with Gasteiger partial charge in [-0.15, -0.1) is 0 Å². The highest BCUT2D eigenvalue weighted by molar-refractivity contribution is 5.63. The molecular weight excluding hydrogens is 286 g/mol. The van der Waals surface area contributed by atoms with E-state index in [1.54, 1.807) is 0 Å². The molecule has 0 radical (unpaired) electrons. The van der Waals surface area contributed by atoms with Crippen LogP contribution in [0.15, 0.2) is 53.8 Å². The van der Waals surface area contributed by atoms with Gasteiger partial charge in [0.1, 0.15) is 12.3 Å². The SMILES string of the molecule is CC1(C)C=C(C2=CCCCC2)N(OCc2ccccc2)C1C=O. The number of nitrogens with zero attached hydrogens (tertiary/aromatic N) is 1. The molecule has 1 aliphatic carbocycles. The Labute approximate surface area is 138 Å². The van der Waals surface area contributed by atoms with Crippen molar-refractivity contribution in [2.45, 2.75) is 52.2 Å². The van der Waals surface area contributed by atoms with Crippen LogP contribution in [-0.4, -0.2) is 17.4 Å². The molecule has 2 aliphatic rings. The second-order valence-corrected chi connectivity index (χ2v) is 6.99. The third kappa shape index (κ3) is 3.40. The van der Waals surface area contributed by atoms with Crippen LogP contribution in [0.2, 0.25) is 0 Å². The van der Waals surface area contributed by atoms with E-state index in [-0.39, 0.29) is 11.5 Å². The largest absolute Gasteiger partial charge is 0.301 e. The predicted molar refractivity (Wildman–Crippen MR) is 91.3 cm³/mol. The van der Waals surface area contributed by atoms with E-state index in [0.29, 0.717) is 6.61 Å². The van der Waals surface area contributed by atoms with Gasteiger partial charge in [0.2, 0.25) is 0 Å². The number of benzene rings is 1. The normalized spacial score (nSPS) is 23.4. The van der Waals surface area contributed by atoms with Crippen LogP contribution in [-0.2, 0) is 16.2 Å². The number of carbonyl (C=O) groups is 1. The molecule has 0 saturated carbocycles. The van der Waals surface area contributed by atoms with Crippen molar-refractivity contribution < 1.29 is 9.63 Å². The Balaban J connectivity index is 1.82. The van der Waals surface area contributed by atoms with E-state index < -0.39 is 0 Å². The molecule has 23 heavy (non-hydrogen) atoms. The summed E-state index contributed by atoms with van der Waals surface area (Å²) in [5, 5.41) is 1.84. The van der Waals surface area contributed by atoms with Gasteiger partial charge >= 0.3 is 0 Å². The molecule has 1 unspecified atom stereocenters. The van der Waals surface area contributed by atoms with Crippen LogP contribution in [0.4, 0.5) is 0 Å². The Bertz CT molecular complexity index is 616. The van der Waals surface area contributed by atoms with Gasteiger partial charge in [-0.3, -0.25) is 4.84 Å². The molecule has 0 N–H and O–H groups in total. The van der Waals surface area contributed by atoms with Gasteiger partial charge in [-0.25, -0.2) is 5.06 Å². The Morgan fingerprint density at radius 2 is 2.04 bits per heavy atom. The summed E-state index contributed by atoms with van der Waals surface area (Å²) < 4.78 is 0. The lowest BCUT2D eigenvalue weighted by atomic mass is 9.87. The average Bonchev–Trinajstić information content (AvgIpc) is 2.84. The first-order valence-corrected chi connectivity index (χ1v) is 8.45. The van der Waals surface area contributed by atoms with Gasteiger partial charge in [0.15, 0.2) is 0 Å². The summed E-state index contributed by atoms with van der Waals surface area (Å²) >= 11 is 0. The van der Waals surface area contributed by atoms with E-state index in [1.807, 2.05) is 35.4 Å². The predicted octanol–water partition coefficient (Wildman–Crippen LogP) is 4.41. The number of hydroxylamine groups is 2. The lowest BCUT2D eigenvalue weighted by Gasteiger charge is -2.31. The van der Waals surface area contributed by atoms with Crippen molar-refractivity contribution in [1.82, 2.24) is 5.06 Å². The number of rotatable bonds is 5. The van der Waals surface area contributed by atoms with Crippen LogP contribution < -0.4 is 0 Å². The minimum Gasteiger partial charge on any atom is -0.301 e. The van der Waals surface area contributed by atoms with Gasteiger partial charge < -0.3 is 4.79 Å². The molecule has 3 rings (SSSR count). The van der Waals surface area contributed by atoms with Crippen molar-refractivity contribution in [2.75, 3.05) is 0 Å². The van der Waals surface area contributed by atoms with Crippen molar-refractivity contribution in [3.63, 3.8) is 0 Å². The Kier molecular flexibility index (Phi) is 4.67. The molecule has 3 nitrogen and oxygen atoms in total. The molecule has 0 amide bonds. The molecule has 0 spiro atoms. The first-order chi connectivity index (χ1) is 11.1. The number of carbonyl (C=O) groups excluding carboxylic acids is 1. The summed E-state index contributed by atoms with van der Waals surface area (Å²) in [5.74, 6) is 0. The van der Waals surface area contributed by atoms with Crippen LogP contribution in [0.25, 0.3) is 0 Å².